The first-order valence-electron chi connectivity index (χ1n) is 9.99. The van der Waals surface area contributed by atoms with Crippen LogP contribution >= 0.6 is 0 Å². The second-order valence-corrected chi connectivity index (χ2v) is 8.92. The smallest absolute Gasteiger partial charge is 0.269 e. The molecule has 0 aromatic heterocycles. The van der Waals surface area contributed by atoms with Gasteiger partial charge in [0.1, 0.15) is 0 Å². The van der Waals surface area contributed by atoms with E-state index in [2.05, 4.69) is 21.9 Å². The molecule has 2 aromatic rings. The number of benzene rings is 2. The first-order chi connectivity index (χ1) is 14.7. The Morgan fingerprint density at radius 3 is 2.26 bits per heavy atom. The molecule has 0 spiro atoms. The summed E-state index contributed by atoms with van der Waals surface area (Å²) in [5, 5.41) is 13.5. The number of carbonyl (C=O) groups excluding carboxylic acids is 1. The number of hydrogen-bond acceptors (Lipinski definition) is 6. The molecule has 2 N–H and O–H groups in total. The van der Waals surface area contributed by atoms with Crippen molar-refractivity contribution in [3.05, 3.63) is 69.8 Å². The number of non-ortho nitro benzene ring substituents is 1. The minimum absolute atomic E-state index is 0.0450. The third-order valence-electron chi connectivity index (χ3n) is 4.70. The molecule has 0 aliphatic heterocycles. The minimum atomic E-state index is -3.28. The number of hydrogen-bond donors (Lipinski definition) is 2. The molecule has 0 heterocycles. The number of likely N-dealkylation sites (N-methyl/N-ethyl adjacent to an activating group) is 1. The standard InChI is InChI=1S/C21H28N4O5S/c1-3-24(16-13-17-5-9-19(10-6-17)23-31(2,29)30)15-4-14-22-21(26)18-7-11-20(12-8-18)25(27)28/h5-12,23H,3-4,13-16H2,1-2H3,(H,22,26). The Kier molecular flexibility index (Phi) is 8.95. The molecule has 0 bridgehead atoms. The van der Waals surface area contributed by atoms with E-state index >= 15 is 0 Å². The molecule has 0 unspecified atom stereocenters. The van der Waals surface area contributed by atoms with Gasteiger partial charge in [0.05, 0.1) is 11.2 Å². The predicted molar refractivity (Wildman–Crippen MR) is 121 cm³/mol. The van der Waals surface area contributed by atoms with Crippen LogP contribution in [-0.2, 0) is 16.4 Å². The van der Waals surface area contributed by atoms with E-state index in [1.807, 2.05) is 12.1 Å². The Balaban J connectivity index is 1.72. The summed E-state index contributed by atoms with van der Waals surface area (Å²) in [6.45, 7) is 5.15. The number of rotatable bonds is 12. The average molecular weight is 449 g/mol. The summed E-state index contributed by atoms with van der Waals surface area (Å²) in [6, 6.07) is 12.8. The molecule has 168 valence electrons. The molecule has 0 saturated carbocycles. The fourth-order valence-corrected chi connectivity index (χ4v) is 3.57. The summed E-state index contributed by atoms with van der Waals surface area (Å²) < 4.78 is 25.0. The van der Waals surface area contributed by atoms with Crippen LogP contribution in [0.4, 0.5) is 11.4 Å². The summed E-state index contributed by atoms with van der Waals surface area (Å²) in [7, 11) is -3.28. The zero-order chi connectivity index (χ0) is 22.9. The lowest BCUT2D eigenvalue weighted by molar-refractivity contribution is -0.384. The van der Waals surface area contributed by atoms with E-state index in [1.165, 1.54) is 24.3 Å². The lowest BCUT2D eigenvalue weighted by atomic mass is 10.1. The van der Waals surface area contributed by atoms with Crippen LogP contribution in [0.25, 0.3) is 0 Å². The molecule has 2 aromatic carbocycles. The number of nitro groups is 1. The van der Waals surface area contributed by atoms with Gasteiger partial charge in [0, 0.05) is 36.5 Å². The van der Waals surface area contributed by atoms with Crippen molar-refractivity contribution in [2.24, 2.45) is 0 Å². The van der Waals surface area contributed by atoms with Crippen molar-refractivity contribution in [3.8, 4) is 0 Å². The van der Waals surface area contributed by atoms with Gasteiger partial charge in [-0.3, -0.25) is 19.6 Å². The summed E-state index contributed by atoms with van der Waals surface area (Å²) in [5.74, 6) is -0.249. The SMILES string of the molecule is CCN(CCCNC(=O)c1ccc([N+](=O)[O-])cc1)CCc1ccc(NS(C)(=O)=O)cc1. The highest BCUT2D eigenvalue weighted by Gasteiger charge is 2.09. The fourth-order valence-electron chi connectivity index (χ4n) is 3.01. The molecule has 0 radical (unpaired) electrons. The second-order valence-electron chi connectivity index (χ2n) is 7.17. The molecule has 0 atom stereocenters. The van der Waals surface area contributed by atoms with Gasteiger partial charge in [-0.2, -0.15) is 0 Å². The molecule has 10 heteroatoms. The molecule has 31 heavy (non-hydrogen) atoms. The van der Waals surface area contributed by atoms with Gasteiger partial charge < -0.3 is 10.2 Å². The van der Waals surface area contributed by atoms with Crippen LogP contribution < -0.4 is 10.0 Å². The highest BCUT2D eigenvalue weighted by molar-refractivity contribution is 7.92. The van der Waals surface area contributed by atoms with Gasteiger partial charge >= 0.3 is 0 Å². The monoisotopic (exact) mass is 448 g/mol. The molecule has 1 amide bonds. The molecule has 0 aliphatic rings. The minimum Gasteiger partial charge on any atom is -0.352 e. The zero-order valence-corrected chi connectivity index (χ0v) is 18.5. The van der Waals surface area contributed by atoms with Gasteiger partial charge in [0.25, 0.3) is 11.6 Å². The molecular weight excluding hydrogens is 420 g/mol. The number of nitrogens with one attached hydrogen (secondary N) is 2. The van der Waals surface area contributed by atoms with Crippen LogP contribution in [0.15, 0.2) is 48.5 Å². The van der Waals surface area contributed by atoms with E-state index in [-0.39, 0.29) is 11.6 Å². The zero-order valence-electron chi connectivity index (χ0n) is 17.7. The van der Waals surface area contributed by atoms with Gasteiger partial charge in [-0.15, -0.1) is 0 Å². The van der Waals surface area contributed by atoms with E-state index < -0.39 is 14.9 Å². The Morgan fingerprint density at radius 2 is 1.71 bits per heavy atom. The molecule has 0 aliphatic carbocycles. The number of nitrogens with zero attached hydrogens (tertiary/aromatic N) is 2. The van der Waals surface area contributed by atoms with Gasteiger partial charge in [-0.1, -0.05) is 19.1 Å². The van der Waals surface area contributed by atoms with Crippen LogP contribution in [0.5, 0.6) is 0 Å². The molecule has 0 fully saturated rings. The van der Waals surface area contributed by atoms with E-state index in [1.54, 1.807) is 12.1 Å². The molecule has 9 nitrogen and oxygen atoms in total. The quantitative estimate of drug-likeness (QED) is 0.292. The Bertz CT molecular complexity index is 976. The lowest BCUT2D eigenvalue weighted by Gasteiger charge is -2.20. The highest BCUT2D eigenvalue weighted by atomic mass is 32.2. The van der Waals surface area contributed by atoms with Crippen LogP contribution in [0.1, 0.15) is 29.3 Å². The highest BCUT2D eigenvalue weighted by Crippen LogP contribution is 2.13. The average Bonchev–Trinajstić information content (AvgIpc) is 2.73. The maximum Gasteiger partial charge on any atom is 0.269 e. The fraction of sp³-hybridized carbons (Fsp3) is 0.381. The van der Waals surface area contributed by atoms with Crippen molar-refractivity contribution in [1.29, 1.82) is 0 Å². The van der Waals surface area contributed by atoms with Crippen LogP contribution in [-0.4, -0.2) is 56.6 Å². The number of anilines is 1. The Morgan fingerprint density at radius 1 is 1.06 bits per heavy atom. The van der Waals surface area contributed by atoms with E-state index in [4.69, 9.17) is 0 Å². The van der Waals surface area contributed by atoms with Crippen molar-refractivity contribution in [3.63, 3.8) is 0 Å². The van der Waals surface area contributed by atoms with Crippen molar-refractivity contribution in [1.82, 2.24) is 10.2 Å². The van der Waals surface area contributed by atoms with E-state index in [0.717, 1.165) is 44.3 Å². The summed E-state index contributed by atoms with van der Waals surface area (Å²) >= 11 is 0. The van der Waals surface area contributed by atoms with Gasteiger partial charge in [0.15, 0.2) is 0 Å². The van der Waals surface area contributed by atoms with Crippen molar-refractivity contribution in [2.75, 3.05) is 37.2 Å². The van der Waals surface area contributed by atoms with Gasteiger partial charge in [-0.05, 0) is 55.8 Å². The van der Waals surface area contributed by atoms with Gasteiger partial charge in [0.2, 0.25) is 10.0 Å². The third kappa shape index (κ3) is 8.73. The lowest BCUT2D eigenvalue weighted by Crippen LogP contribution is -2.31. The van der Waals surface area contributed by atoms with Crippen molar-refractivity contribution < 1.29 is 18.1 Å². The van der Waals surface area contributed by atoms with Gasteiger partial charge in [-0.25, -0.2) is 8.42 Å². The van der Waals surface area contributed by atoms with Crippen molar-refractivity contribution in [2.45, 2.75) is 19.8 Å². The van der Waals surface area contributed by atoms with Crippen LogP contribution in [0, 0.1) is 10.1 Å². The number of nitro benzene ring substituents is 1. The maximum atomic E-state index is 12.1. The van der Waals surface area contributed by atoms with E-state index in [9.17, 15) is 23.3 Å². The number of amides is 1. The summed E-state index contributed by atoms with van der Waals surface area (Å²) in [5.41, 5.74) is 2.01. The normalized spacial score (nSPS) is 11.3. The Labute approximate surface area is 182 Å². The first-order valence-corrected chi connectivity index (χ1v) is 11.9. The summed E-state index contributed by atoms with van der Waals surface area (Å²) in [6.07, 6.45) is 2.74. The molecular formula is C21H28N4O5S. The largest absolute Gasteiger partial charge is 0.352 e. The van der Waals surface area contributed by atoms with Crippen molar-refractivity contribution >= 4 is 27.3 Å². The number of carbonyl (C=O) groups is 1. The predicted octanol–water partition coefficient (Wildman–Crippen LogP) is 2.65. The molecule has 2 rings (SSSR count). The Hall–Kier alpha value is -2.98. The van der Waals surface area contributed by atoms with E-state index in [0.29, 0.717) is 17.8 Å². The topological polar surface area (TPSA) is 122 Å². The first kappa shape index (κ1) is 24.3. The second kappa shape index (κ2) is 11.4. The number of sulfonamides is 1. The van der Waals surface area contributed by atoms with Crippen LogP contribution in [0.2, 0.25) is 0 Å². The third-order valence-corrected chi connectivity index (χ3v) is 5.30. The molecule has 0 saturated heterocycles. The summed E-state index contributed by atoms with van der Waals surface area (Å²) in [4.78, 5) is 24.6. The maximum absolute atomic E-state index is 12.1. The van der Waals surface area contributed by atoms with Crippen LogP contribution in [0.3, 0.4) is 0 Å².